The van der Waals surface area contributed by atoms with Crippen molar-refractivity contribution in [3.8, 4) is 0 Å². The molecular formula is C21H22N4O5. The number of carbonyl (C=O) groups is 2. The van der Waals surface area contributed by atoms with Gasteiger partial charge < -0.3 is 20.3 Å². The molecule has 0 saturated carbocycles. The Morgan fingerprint density at radius 3 is 2.73 bits per heavy atom. The van der Waals surface area contributed by atoms with Crippen molar-refractivity contribution < 1.29 is 19.2 Å². The van der Waals surface area contributed by atoms with Crippen LogP contribution in [0.5, 0.6) is 0 Å². The number of nitro groups is 1. The number of nitrogens with zero attached hydrogens (tertiary/aromatic N) is 2. The molecule has 2 amide bonds. The summed E-state index contributed by atoms with van der Waals surface area (Å²) in [6.07, 6.45) is 0.584. The lowest BCUT2D eigenvalue weighted by molar-refractivity contribution is -0.384. The molecule has 1 saturated heterocycles. The molecule has 9 heteroatoms. The minimum atomic E-state index is -0.511. The van der Waals surface area contributed by atoms with Crippen LogP contribution in [0.15, 0.2) is 36.4 Å². The molecule has 0 spiro atoms. The van der Waals surface area contributed by atoms with E-state index in [1.54, 1.807) is 18.2 Å². The Balaban J connectivity index is 1.62. The third-order valence-corrected chi connectivity index (χ3v) is 5.38. The summed E-state index contributed by atoms with van der Waals surface area (Å²) in [6, 6.07) is 9.62. The fraction of sp³-hybridized carbons (Fsp3) is 0.333. The zero-order chi connectivity index (χ0) is 21.3. The summed E-state index contributed by atoms with van der Waals surface area (Å²) in [5.74, 6) is -0.591. The second kappa shape index (κ2) is 8.11. The number of anilines is 3. The van der Waals surface area contributed by atoms with E-state index in [1.807, 2.05) is 17.9 Å². The minimum Gasteiger partial charge on any atom is -0.378 e. The smallest absolute Gasteiger partial charge is 0.270 e. The topological polar surface area (TPSA) is 114 Å². The summed E-state index contributed by atoms with van der Waals surface area (Å²) >= 11 is 0. The van der Waals surface area contributed by atoms with E-state index in [4.69, 9.17) is 4.74 Å². The molecule has 2 aromatic rings. The van der Waals surface area contributed by atoms with E-state index in [9.17, 15) is 19.7 Å². The van der Waals surface area contributed by atoms with Crippen molar-refractivity contribution >= 4 is 34.6 Å². The number of ether oxygens (including phenoxy) is 1. The maximum absolute atomic E-state index is 13.1. The van der Waals surface area contributed by atoms with Crippen LogP contribution < -0.4 is 15.5 Å². The molecule has 0 aromatic heterocycles. The Hall–Kier alpha value is -3.46. The molecule has 1 unspecified atom stereocenters. The fourth-order valence-corrected chi connectivity index (χ4v) is 3.74. The number of non-ortho nitro benzene ring substituents is 1. The Morgan fingerprint density at radius 2 is 2.00 bits per heavy atom. The molecular weight excluding hydrogens is 388 g/mol. The zero-order valence-corrected chi connectivity index (χ0v) is 16.5. The van der Waals surface area contributed by atoms with Crippen LogP contribution in [-0.2, 0) is 16.0 Å². The normalized spacial score (nSPS) is 18.4. The van der Waals surface area contributed by atoms with Crippen LogP contribution in [0.1, 0.15) is 22.8 Å². The summed E-state index contributed by atoms with van der Waals surface area (Å²) in [6.45, 7) is 4.13. The molecule has 9 nitrogen and oxygen atoms in total. The van der Waals surface area contributed by atoms with Crippen LogP contribution in [0.2, 0.25) is 0 Å². The van der Waals surface area contributed by atoms with Gasteiger partial charge in [-0.15, -0.1) is 0 Å². The number of morpholine rings is 1. The Morgan fingerprint density at radius 1 is 1.23 bits per heavy atom. The van der Waals surface area contributed by atoms with E-state index in [1.165, 1.54) is 12.1 Å². The van der Waals surface area contributed by atoms with Crippen LogP contribution in [-0.4, -0.2) is 43.0 Å². The van der Waals surface area contributed by atoms with E-state index in [0.717, 1.165) is 11.3 Å². The summed E-state index contributed by atoms with van der Waals surface area (Å²) in [4.78, 5) is 37.6. The summed E-state index contributed by atoms with van der Waals surface area (Å²) in [5.41, 5.74) is 2.99. The van der Waals surface area contributed by atoms with Gasteiger partial charge in [-0.1, -0.05) is 6.92 Å². The highest BCUT2D eigenvalue weighted by molar-refractivity contribution is 6.09. The maximum Gasteiger partial charge on any atom is 0.270 e. The number of nitro benzene ring substituents is 1. The quantitative estimate of drug-likeness (QED) is 0.592. The van der Waals surface area contributed by atoms with E-state index >= 15 is 0 Å². The maximum atomic E-state index is 13.1. The predicted octanol–water partition coefficient (Wildman–Crippen LogP) is 2.81. The fourth-order valence-electron chi connectivity index (χ4n) is 3.74. The number of fused-ring (bicyclic) bond motifs is 1. The minimum absolute atomic E-state index is 0.0222. The van der Waals surface area contributed by atoms with E-state index in [2.05, 4.69) is 10.6 Å². The first-order valence-electron chi connectivity index (χ1n) is 9.78. The first kappa shape index (κ1) is 19.8. The SMILES string of the molecule is CC1Cc2cc(NC(=O)c3cc([N+](=O)[O-])ccc3N3CCOCC3)ccc2NC1=O. The highest BCUT2D eigenvalue weighted by atomic mass is 16.6. The van der Waals surface area contributed by atoms with E-state index < -0.39 is 10.8 Å². The van der Waals surface area contributed by atoms with Gasteiger partial charge >= 0.3 is 0 Å². The van der Waals surface area contributed by atoms with Crippen molar-refractivity contribution in [3.63, 3.8) is 0 Å². The Labute approximate surface area is 173 Å². The lowest BCUT2D eigenvalue weighted by atomic mass is 9.94. The van der Waals surface area contributed by atoms with Crippen molar-refractivity contribution in [2.45, 2.75) is 13.3 Å². The van der Waals surface area contributed by atoms with Crippen molar-refractivity contribution in [1.29, 1.82) is 0 Å². The summed E-state index contributed by atoms with van der Waals surface area (Å²) < 4.78 is 5.37. The predicted molar refractivity (Wildman–Crippen MR) is 112 cm³/mol. The molecule has 2 aliphatic heterocycles. The van der Waals surface area contributed by atoms with Crippen LogP contribution in [0.4, 0.5) is 22.7 Å². The zero-order valence-electron chi connectivity index (χ0n) is 16.5. The van der Waals surface area contributed by atoms with Gasteiger partial charge in [0.2, 0.25) is 5.91 Å². The van der Waals surface area contributed by atoms with Gasteiger partial charge in [0.05, 0.1) is 29.4 Å². The Kier molecular flexibility index (Phi) is 5.37. The number of benzene rings is 2. The molecule has 0 radical (unpaired) electrons. The van der Waals surface area contributed by atoms with Crippen LogP contribution in [0.3, 0.4) is 0 Å². The molecule has 1 fully saturated rings. The lowest BCUT2D eigenvalue weighted by Crippen LogP contribution is -2.37. The van der Waals surface area contributed by atoms with Gasteiger partial charge in [0.15, 0.2) is 0 Å². The van der Waals surface area contributed by atoms with Gasteiger partial charge in [0.1, 0.15) is 0 Å². The highest BCUT2D eigenvalue weighted by Gasteiger charge is 2.24. The highest BCUT2D eigenvalue weighted by Crippen LogP contribution is 2.30. The molecule has 156 valence electrons. The molecule has 2 heterocycles. The van der Waals surface area contributed by atoms with E-state index in [0.29, 0.717) is 44.1 Å². The van der Waals surface area contributed by atoms with Crippen LogP contribution in [0, 0.1) is 16.0 Å². The first-order valence-corrected chi connectivity index (χ1v) is 9.78. The number of rotatable bonds is 4. The number of nitrogens with one attached hydrogen (secondary N) is 2. The molecule has 4 rings (SSSR count). The average Bonchev–Trinajstić information content (AvgIpc) is 2.75. The summed E-state index contributed by atoms with van der Waals surface area (Å²) in [5, 5.41) is 16.9. The van der Waals surface area contributed by atoms with Gasteiger partial charge in [-0.25, -0.2) is 0 Å². The van der Waals surface area contributed by atoms with Crippen molar-refractivity contribution in [1.82, 2.24) is 0 Å². The Bertz CT molecular complexity index is 1020. The van der Waals surface area contributed by atoms with Crippen molar-refractivity contribution in [2.75, 3.05) is 41.8 Å². The van der Waals surface area contributed by atoms with Gasteiger partial charge in [-0.2, -0.15) is 0 Å². The average molecular weight is 410 g/mol. The monoisotopic (exact) mass is 410 g/mol. The number of carbonyl (C=O) groups excluding carboxylic acids is 2. The third kappa shape index (κ3) is 3.97. The lowest BCUT2D eigenvalue weighted by Gasteiger charge is -2.30. The largest absolute Gasteiger partial charge is 0.378 e. The number of amides is 2. The molecule has 0 bridgehead atoms. The molecule has 2 aliphatic rings. The molecule has 1 atom stereocenters. The standard InChI is InChI=1S/C21H22N4O5/c1-13-10-14-11-15(2-4-18(14)23-20(13)26)22-21(27)17-12-16(25(28)29)3-5-19(17)24-6-8-30-9-7-24/h2-5,11-13H,6-10H2,1H3,(H,22,27)(H,23,26). The molecule has 0 aliphatic carbocycles. The second-order valence-electron chi connectivity index (χ2n) is 7.48. The number of hydrogen-bond acceptors (Lipinski definition) is 6. The van der Waals surface area contributed by atoms with Gasteiger partial charge in [0, 0.05) is 42.5 Å². The second-order valence-corrected chi connectivity index (χ2v) is 7.48. The van der Waals surface area contributed by atoms with Gasteiger partial charge in [-0.3, -0.25) is 19.7 Å². The molecule has 2 N–H and O–H groups in total. The van der Waals surface area contributed by atoms with Gasteiger partial charge in [-0.05, 0) is 36.2 Å². The summed E-state index contributed by atoms with van der Waals surface area (Å²) in [7, 11) is 0. The van der Waals surface area contributed by atoms with Crippen LogP contribution >= 0.6 is 0 Å². The van der Waals surface area contributed by atoms with Gasteiger partial charge in [0.25, 0.3) is 11.6 Å². The van der Waals surface area contributed by atoms with E-state index in [-0.39, 0.29) is 23.1 Å². The van der Waals surface area contributed by atoms with Crippen LogP contribution in [0.25, 0.3) is 0 Å². The van der Waals surface area contributed by atoms with Crippen molar-refractivity contribution in [2.24, 2.45) is 5.92 Å². The molecule has 2 aromatic carbocycles. The molecule has 30 heavy (non-hydrogen) atoms. The van der Waals surface area contributed by atoms with Crippen molar-refractivity contribution in [3.05, 3.63) is 57.6 Å². The third-order valence-electron chi connectivity index (χ3n) is 5.38. The first-order chi connectivity index (χ1) is 14.4. The number of hydrogen-bond donors (Lipinski definition) is 2.